The van der Waals surface area contributed by atoms with E-state index in [1.54, 1.807) is 42.7 Å². The van der Waals surface area contributed by atoms with Gasteiger partial charge in [0.15, 0.2) is 0 Å². The van der Waals surface area contributed by atoms with Crippen LogP contribution in [0.1, 0.15) is 22.8 Å². The minimum absolute atomic E-state index is 0.234. The SMILES string of the molecule is CC(=O)Nc1cc(-n2cc(C(N)=O)c(-c3ccccc3Cl)n2)c(C)cn1. The van der Waals surface area contributed by atoms with Gasteiger partial charge in [-0.05, 0) is 18.6 Å². The van der Waals surface area contributed by atoms with Gasteiger partial charge in [-0.15, -0.1) is 0 Å². The molecule has 0 aliphatic rings. The van der Waals surface area contributed by atoms with Crippen molar-refractivity contribution >= 4 is 29.2 Å². The van der Waals surface area contributed by atoms with Gasteiger partial charge < -0.3 is 11.1 Å². The van der Waals surface area contributed by atoms with Gasteiger partial charge in [-0.25, -0.2) is 9.67 Å². The second-order valence-electron chi connectivity index (χ2n) is 5.72. The van der Waals surface area contributed by atoms with Crippen molar-refractivity contribution in [1.82, 2.24) is 14.8 Å². The standard InChI is InChI=1S/C18H16ClN5O2/c1-10-8-21-16(22-11(2)25)7-15(10)24-9-13(18(20)26)17(23-24)12-5-3-4-6-14(12)19/h3-9H,1-2H3,(H2,20,26)(H,21,22,25). The van der Waals surface area contributed by atoms with Crippen molar-refractivity contribution in [3.8, 4) is 16.9 Å². The number of nitrogens with one attached hydrogen (secondary N) is 1. The van der Waals surface area contributed by atoms with E-state index in [1.165, 1.54) is 11.6 Å². The van der Waals surface area contributed by atoms with Gasteiger partial charge in [0.05, 0.1) is 16.3 Å². The van der Waals surface area contributed by atoms with Gasteiger partial charge in [-0.3, -0.25) is 9.59 Å². The first kappa shape index (κ1) is 17.6. The molecular weight excluding hydrogens is 354 g/mol. The fourth-order valence-electron chi connectivity index (χ4n) is 2.54. The third-order valence-corrected chi connectivity index (χ3v) is 4.06. The maximum absolute atomic E-state index is 11.9. The topological polar surface area (TPSA) is 103 Å². The van der Waals surface area contributed by atoms with Gasteiger partial charge in [0.2, 0.25) is 5.91 Å². The summed E-state index contributed by atoms with van der Waals surface area (Å²) in [4.78, 5) is 27.3. The maximum Gasteiger partial charge on any atom is 0.252 e. The van der Waals surface area contributed by atoms with E-state index in [0.717, 1.165) is 5.56 Å². The number of anilines is 1. The molecule has 132 valence electrons. The lowest BCUT2D eigenvalue weighted by atomic mass is 10.1. The number of aromatic nitrogens is 3. The van der Waals surface area contributed by atoms with Crippen molar-refractivity contribution in [2.45, 2.75) is 13.8 Å². The molecule has 0 unspecified atom stereocenters. The predicted octanol–water partition coefficient (Wildman–Crippen LogP) is 2.95. The zero-order chi connectivity index (χ0) is 18.8. The summed E-state index contributed by atoms with van der Waals surface area (Å²) in [6.45, 7) is 3.25. The normalized spacial score (nSPS) is 10.6. The number of carbonyl (C=O) groups is 2. The number of rotatable bonds is 4. The number of hydrogen-bond acceptors (Lipinski definition) is 4. The van der Waals surface area contributed by atoms with Crippen LogP contribution in [0.2, 0.25) is 5.02 Å². The van der Waals surface area contributed by atoms with Crippen molar-refractivity contribution in [3.63, 3.8) is 0 Å². The van der Waals surface area contributed by atoms with Crippen LogP contribution in [0.25, 0.3) is 16.9 Å². The first-order valence-electron chi connectivity index (χ1n) is 7.76. The molecule has 0 fully saturated rings. The Morgan fingerprint density at radius 1 is 1.27 bits per heavy atom. The molecule has 8 heteroatoms. The molecule has 3 aromatic rings. The van der Waals surface area contributed by atoms with Gasteiger partial charge in [-0.1, -0.05) is 29.8 Å². The van der Waals surface area contributed by atoms with Crippen LogP contribution in [0.3, 0.4) is 0 Å². The molecule has 2 aromatic heterocycles. The first-order chi connectivity index (χ1) is 12.4. The van der Waals surface area contributed by atoms with Crippen LogP contribution in [0.15, 0.2) is 42.7 Å². The summed E-state index contributed by atoms with van der Waals surface area (Å²) in [5, 5.41) is 7.59. The van der Waals surface area contributed by atoms with Crippen molar-refractivity contribution in [3.05, 3.63) is 58.9 Å². The van der Waals surface area contributed by atoms with Crippen LogP contribution < -0.4 is 11.1 Å². The van der Waals surface area contributed by atoms with Crippen molar-refractivity contribution in [1.29, 1.82) is 0 Å². The van der Waals surface area contributed by atoms with E-state index in [1.807, 2.05) is 6.92 Å². The van der Waals surface area contributed by atoms with E-state index in [0.29, 0.717) is 27.8 Å². The molecule has 3 rings (SSSR count). The number of primary amides is 1. The number of nitrogens with two attached hydrogens (primary N) is 1. The number of halogens is 1. The number of aryl methyl sites for hydroxylation is 1. The maximum atomic E-state index is 11.9. The Balaban J connectivity index is 2.16. The van der Waals surface area contributed by atoms with Crippen LogP contribution in [0, 0.1) is 6.92 Å². The number of amides is 2. The van der Waals surface area contributed by atoms with Crippen molar-refractivity contribution in [2.75, 3.05) is 5.32 Å². The van der Waals surface area contributed by atoms with Crippen LogP contribution >= 0.6 is 11.6 Å². The van der Waals surface area contributed by atoms with Crippen LogP contribution in [0.4, 0.5) is 5.82 Å². The molecule has 7 nitrogen and oxygen atoms in total. The largest absolute Gasteiger partial charge is 0.365 e. The predicted molar refractivity (Wildman–Crippen MR) is 99.4 cm³/mol. The molecule has 0 aliphatic heterocycles. The van der Waals surface area contributed by atoms with Gasteiger partial charge in [0.25, 0.3) is 5.91 Å². The monoisotopic (exact) mass is 369 g/mol. The highest BCUT2D eigenvalue weighted by atomic mass is 35.5. The highest BCUT2D eigenvalue weighted by molar-refractivity contribution is 6.33. The van der Waals surface area contributed by atoms with Crippen molar-refractivity contribution < 1.29 is 9.59 Å². The lowest BCUT2D eigenvalue weighted by molar-refractivity contribution is -0.114. The first-order valence-corrected chi connectivity index (χ1v) is 8.13. The summed E-state index contributed by atoms with van der Waals surface area (Å²) in [5.41, 5.74) is 8.23. The van der Waals surface area contributed by atoms with Gasteiger partial charge in [0.1, 0.15) is 11.5 Å². The van der Waals surface area contributed by atoms with E-state index in [9.17, 15) is 9.59 Å². The summed E-state index contributed by atoms with van der Waals surface area (Å²) >= 11 is 6.25. The molecule has 26 heavy (non-hydrogen) atoms. The van der Waals surface area contributed by atoms with Crippen molar-refractivity contribution in [2.24, 2.45) is 5.73 Å². The third-order valence-electron chi connectivity index (χ3n) is 3.73. The molecule has 2 amide bonds. The Labute approximate surface area is 154 Å². The average Bonchev–Trinajstić information content (AvgIpc) is 3.01. The van der Waals surface area contributed by atoms with E-state index in [4.69, 9.17) is 17.3 Å². The quantitative estimate of drug-likeness (QED) is 0.737. The summed E-state index contributed by atoms with van der Waals surface area (Å²) < 4.78 is 1.53. The molecule has 3 N–H and O–H groups in total. The number of carbonyl (C=O) groups excluding carboxylic acids is 2. The number of benzene rings is 1. The Morgan fingerprint density at radius 2 is 2.00 bits per heavy atom. The smallest absolute Gasteiger partial charge is 0.252 e. The third kappa shape index (κ3) is 3.43. The molecule has 0 bridgehead atoms. The zero-order valence-corrected chi connectivity index (χ0v) is 14.9. The van der Waals surface area contributed by atoms with Crippen LogP contribution in [0.5, 0.6) is 0 Å². The summed E-state index contributed by atoms with van der Waals surface area (Å²) in [6.07, 6.45) is 3.16. The minimum Gasteiger partial charge on any atom is -0.365 e. The molecule has 0 atom stereocenters. The molecule has 0 radical (unpaired) electrons. The Bertz CT molecular complexity index is 1010. The number of nitrogens with zero attached hydrogens (tertiary/aromatic N) is 3. The zero-order valence-electron chi connectivity index (χ0n) is 14.2. The number of pyridine rings is 1. The molecule has 0 spiro atoms. The highest BCUT2D eigenvalue weighted by Gasteiger charge is 2.19. The summed E-state index contributed by atoms with van der Waals surface area (Å²) in [6, 6.07) is 8.75. The van der Waals surface area contributed by atoms with Crippen LogP contribution in [-0.2, 0) is 4.79 Å². The molecule has 1 aromatic carbocycles. The minimum atomic E-state index is -0.611. The number of hydrogen-bond donors (Lipinski definition) is 2. The fourth-order valence-corrected chi connectivity index (χ4v) is 2.76. The Hall–Kier alpha value is -3.19. The average molecular weight is 370 g/mol. The Kier molecular flexibility index (Phi) is 4.73. The van der Waals surface area contributed by atoms with E-state index in [-0.39, 0.29) is 11.5 Å². The second-order valence-corrected chi connectivity index (χ2v) is 6.12. The molecule has 0 saturated heterocycles. The van der Waals surface area contributed by atoms with Gasteiger partial charge >= 0.3 is 0 Å². The van der Waals surface area contributed by atoms with Gasteiger partial charge in [0, 0.05) is 30.9 Å². The lowest BCUT2D eigenvalue weighted by Gasteiger charge is -2.08. The summed E-state index contributed by atoms with van der Waals surface area (Å²) in [7, 11) is 0. The van der Waals surface area contributed by atoms with E-state index >= 15 is 0 Å². The molecule has 0 aliphatic carbocycles. The summed E-state index contributed by atoms with van der Waals surface area (Å²) in [5.74, 6) is -0.462. The fraction of sp³-hybridized carbons (Fsp3) is 0.111. The molecular formula is C18H16ClN5O2. The van der Waals surface area contributed by atoms with Gasteiger partial charge in [-0.2, -0.15) is 5.10 Å². The molecule has 0 saturated carbocycles. The van der Waals surface area contributed by atoms with E-state index < -0.39 is 5.91 Å². The lowest BCUT2D eigenvalue weighted by Crippen LogP contribution is -2.11. The highest BCUT2D eigenvalue weighted by Crippen LogP contribution is 2.30. The molecule has 2 heterocycles. The second kappa shape index (κ2) is 6.97. The van der Waals surface area contributed by atoms with E-state index in [2.05, 4.69) is 15.4 Å². The van der Waals surface area contributed by atoms with Crippen LogP contribution in [-0.4, -0.2) is 26.6 Å². The Morgan fingerprint density at radius 3 is 2.65 bits per heavy atom.